The highest BCUT2D eigenvalue weighted by molar-refractivity contribution is 7.89. The topological polar surface area (TPSA) is 78.9 Å². The largest absolute Gasteiger partial charge is 0.457 e. The van der Waals surface area contributed by atoms with Crippen molar-refractivity contribution in [1.29, 1.82) is 0 Å². The molecule has 7 heteroatoms. The van der Waals surface area contributed by atoms with Gasteiger partial charge in [0.15, 0.2) is 0 Å². The summed E-state index contributed by atoms with van der Waals surface area (Å²) in [4.78, 5) is 2.45. The van der Waals surface area contributed by atoms with Gasteiger partial charge in [0.1, 0.15) is 11.5 Å². The first kappa shape index (κ1) is 25.4. The zero-order valence-corrected chi connectivity index (χ0v) is 21.7. The van der Waals surface area contributed by atoms with Crippen LogP contribution in [-0.2, 0) is 22.2 Å². The lowest BCUT2D eigenvalue weighted by molar-refractivity contribution is -0.0298. The van der Waals surface area contributed by atoms with E-state index in [0.29, 0.717) is 31.5 Å². The molecule has 4 aromatic rings. The Morgan fingerprint density at radius 2 is 1.51 bits per heavy atom. The van der Waals surface area contributed by atoms with Gasteiger partial charge in [-0.3, -0.25) is 4.90 Å². The normalized spacial score (nSPS) is 16.1. The molecule has 5 rings (SSSR count). The number of rotatable bonds is 8. The molecule has 0 unspecified atom stereocenters. The number of para-hydroxylation sites is 1. The van der Waals surface area contributed by atoms with Crippen molar-refractivity contribution in [1.82, 2.24) is 9.62 Å². The summed E-state index contributed by atoms with van der Waals surface area (Å²) in [6.07, 6.45) is 0.889. The van der Waals surface area contributed by atoms with Gasteiger partial charge in [0.25, 0.3) is 0 Å². The molecule has 1 aliphatic rings. The highest BCUT2D eigenvalue weighted by Gasteiger charge is 2.38. The Hall–Kier alpha value is -3.23. The van der Waals surface area contributed by atoms with E-state index in [0.717, 1.165) is 34.4 Å². The summed E-state index contributed by atoms with van der Waals surface area (Å²) in [7, 11) is -3.75. The Balaban J connectivity index is 1.34. The number of aliphatic hydroxyl groups is 1. The van der Waals surface area contributed by atoms with Gasteiger partial charge in [-0.2, -0.15) is 0 Å². The summed E-state index contributed by atoms with van der Waals surface area (Å²) >= 11 is 0. The lowest BCUT2D eigenvalue weighted by Gasteiger charge is -2.39. The lowest BCUT2D eigenvalue weighted by Crippen LogP contribution is -2.43. The minimum atomic E-state index is -3.75. The van der Waals surface area contributed by atoms with Crippen LogP contribution in [0.1, 0.15) is 30.9 Å². The van der Waals surface area contributed by atoms with Crippen molar-refractivity contribution in [2.24, 2.45) is 0 Å². The first-order valence-electron chi connectivity index (χ1n) is 12.7. The predicted molar refractivity (Wildman–Crippen MR) is 146 cm³/mol. The summed E-state index contributed by atoms with van der Waals surface area (Å²) in [5, 5.41) is 13.5. The van der Waals surface area contributed by atoms with Gasteiger partial charge < -0.3 is 9.84 Å². The monoisotopic (exact) mass is 516 g/mol. The van der Waals surface area contributed by atoms with E-state index in [4.69, 9.17) is 4.74 Å². The summed E-state index contributed by atoms with van der Waals surface area (Å²) in [5.74, 6) is 1.58. The molecule has 4 aromatic carbocycles. The first-order chi connectivity index (χ1) is 17.9. The third-order valence-corrected chi connectivity index (χ3v) is 8.53. The van der Waals surface area contributed by atoms with Crippen LogP contribution in [0, 0.1) is 0 Å². The van der Waals surface area contributed by atoms with Gasteiger partial charge in [0, 0.05) is 31.7 Å². The fraction of sp³-hybridized carbons (Fsp3) is 0.267. The lowest BCUT2D eigenvalue weighted by atomic mass is 9.83. The van der Waals surface area contributed by atoms with Gasteiger partial charge in [-0.1, -0.05) is 61.5 Å². The summed E-state index contributed by atoms with van der Waals surface area (Å²) < 4.78 is 34.8. The molecule has 0 spiro atoms. The van der Waals surface area contributed by atoms with E-state index in [-0.39, 0.29) is 11.4 Å². The molecule has 1 fully saturated rings. The molecule has 2 N–H and O–H groups in total. The van der Waals surface area contributed by atoms with Crippen molar-refractivity contribution < 1.29 is 18.3 Å². The van der Waals surface area contributed by atoms with Crippen molar-refractivity contribution in [3.05, 3.63) is 102 Å². The van der Waals surface area contributed by atoms with Gasteiger partial charge in [0.2, 0.25) is 10.0 Å². The van der Waals surface area contributed by atoms with E-state index in [1.807, 2.05) is 78.9 Å². The molecule has 0 amide bonds. The summed E-state index contributed by atoms with van der Waals surface area (Å²) in [6, 6.07) is 28.9. The number of nitrogens with zero attached hydrogens (tertiary/aromatic N) is 1. The van der Waals surface area contributed by atoms with Crippen LogP contribution in [0.4, 0.5) is 0 Å². The number of likely N-dealkylation sites (tertiary alicyclic amines) is 1. The van der Waals surface area contributed by atoms with Crippen LogP contribution >= 0.6 is 0 Å². The highest BCUT2D eigenvalue weighted by Crippen LogP contribution is 2.39. The Labute approximate surface area is 218 Å². The second kappa shape index (κ2) is 10.6. The smallest absolute Gasteiger partial charge is 0.240 e. The minimum Gasteiger partial charge on any atom is -0.457 e. The third kappa shape index (κ3) is 5.70. The molecule has 1 heterocycles. The van der Waals surface area contributed by atoms with Crippen LogP contribution in [0.2, 0.25) is 0 Å². The Bertz CT molecular complexity index is 1480. The fourth-order valence-electron chi connectivity index (χ4n) is 5.01. The highest BCUT2D eigenvalue weighted by atomic mass is 32.2. The third-order valence-electron chi connectivity index (χ3n) is 6.94. The zero-order chi connectivity index (χ0) is 25.9. The van der Waals surface area contributed by atoms with Crippen molar-refractivity contribution >= 4 is 20.8 Å². The SMILES string of the molecule is CCNS(=O)(=O)c1cc2ccccc2cc1C1(O)CCN(Cc2cccc(Oc3ccccc3)c2)CC1. The van der Waals surface area contributed by atoms with Gasteiger partial charge in [-0.25, -0.2) is 13.1 Å². The maximum absolute atomic E-state index is 13.1. The molecule has 37 heavy (non-hydrogen) atoms. The molecule has 0 atom stereocenters. The Morgan fingerprint density at radius 1 is 0.865 bits per heavy atom. The summed E-state index contributed by atoms with van der Waals surface area (Å²) in [5.41, 5.74) is 0.376. The van der Waals surface area contributed by atoms with E-state index < -0.39 is 15.6 Å². The average molecular weight is 517 g/mol. The quantitative estimate of drug-likeness (QED) is 0.327. The number of benzene rings is 4. The van der Waals surface area contributed by atoms with Crippen molar-refractivity contribution in [3.8, 4) is 11.5 Å². The predicted octanol–water partition coefficient (Wildman–Crippen LogP) is 5.41. The second-order valence-corrected chi connectivity index (χ2v) is 11.3. The first-order valence-corrected chi connectivity index (χ1v) is 14.1. The van der Waals surface area contributed by atoms with E-state index in [2.05, 4.69) is 15.7 Å². The van der Waals surface area contributed by atoms with E-state index in [9.17, 15) is 13.5 Å². The van der Waals surface area contributed by atoms with Gasteiger partial charge >= 0.3 is 0 Å². The summed E-state index contributed by atoms with van der Waals surface area (Å²) in [6.45, 7) is 4.06. The number of sulfonamides is 1. The Morgan fingerprint density at radius 3 is 2.22 bits per heavy atom. The van der Waals surface area contributed by atoms with Gasteiger partial charge in [-0.15, -0.1) is 0 Å². The molecule has 6 nitrogen and oxygen atoms in total. The number of hydrogen-bond donors (Lipinski definition) is 2. The van der Waals surface area contributed by atoms with Gasteiger partial charge in [0.05, 0.1) is 10.5 Å². The van der Waals surface area contributed by atoms with E-state index in [1.165, 1.54) is 0 Å². The standard InChI is InChI=1S/C30H32N2O4S/c1-2-31-37(34,35)29-21-25-11-7-6-10-24(25)20-28(29)30(33)15-17-32(18-16-30)22-23-9-8-14-27(19-23)36-26-12-4-3-5-13-26/h3-14,19-21,31,33H,2,15-18,22H2,1H3. The van der Waals surface area contributed by atoms with Crippen LogP contribution in [0.3, 0.4) is 0 Å². The maximum Gasteiger partial charge on any atom is 0.240 e. The zero-order valence-electron chi connectivity index (χ0n) is 20.9. The van der Waals surface area contributed by atoms with E-state index in [1.54, 1.807) is 13.0 Å². The number of hydrogen-bond acceptors (Lipinski definition) is 5. The van der Waals surface area contributed by atoms with Crippen molar-refractivity contribution in [2.75, 3.05) is 19.6 Å². The van der Waals surface area contributed by atoms with Crippen molar-refractivity contribution in [3.63, 3.8) is 0 Å². The average Bonchev–Trinajstić information content (AvgIpc) is 2.90. The fourth-order valence-corrected chi connectivity index (χ4v) is 6.37. The molecule has 0 aromatic heterocycles. The molecule has 1 saturated heterocycles. The number of ether oxygens (including phenoxy) is 1. The molecule has 1 aliphatic heterocycles. The molecular formula is C30H32N2O4S. The van der Waals surface area contributed by atoms with Crippen LogP contribution in [-0.4, -0.2) is 38.1 Å². The van der Waals surface area contributed by atoms with Crippen LogP contribution in [0.5, 0.6) is 11.5 Å². The minimum absolute atomic E-state index is 0.162. The van der Waals surface area contributed by atoms with Crippen LogP contribution in [0.15, 0.2) is 95.9 Å². The van der Waals surface area contributed by atoms with Gasteiger partial charge in [-0.05, 0) is 65.6 Å². The molecule has 192 valence electrons. The van der Waals surface area contributed by atoms with Crippen LogP contribution < -0.4 is 9.46 Å². The second-order valence-electron chi connectivity index (χ2n) is 9.57. The molecule has 0 saturated carbocycles. The molecule has 0 bridgehead atoms. The number of piperidine rings is 1. The van der Waals surface area contributed by atoms with E-state index >= 15 is 0 Å². The molecule has 0 aliphatic carbocycles. The maximum atomic E-state index is 13.1. The van der Waals surface area contributed by atoms with Crippen LogP contribution in [0.25, 0.3) is 10.8 Å². The molecular weight excluding hydrogens is 484 g/mol. The molecule has 0 radical (unpaired) electrons. The number of fused-ring (bicyclic) bond motifs is 1. The number of nitrogens with one attached hydrogen (secondary N) is 1. The van der Waals surface area contributed by atoms with Crippen molar-refractivity contribution in [2.45, 2.75) is 36.8 Å². The Kier molecular flexibility index (Phi) is 7.31.